The standard InChI is InChI=1S/C23H32N2O5S/c1-25-14-13-21(29-2)22(23(25)26)19(15-24-31(3,27)28)16-30-20-11-9-18(10-12-20)17-7-5-4-6-8-17/h4-8,13-14,18-20,24H,9-12,15-16H2,1-3H3/t18-,19?,20+. The zero-order chi connectivity index (χ0) is 22.4. The molecule has 1 unspecified atom stereocenters. The molecule has 3 rings (SSSR count). The average Bonchev–Trinajstić information content (AvgIpc) is 2.76. The molecule has 7 nitrogen and oxygen atoms in total. The van der Waals surface area contributed by atoms with E-state index in [1.807, 2.05) is 6.07 Å². The highest BCUT2D eigenvalue weighted by Crippen LogP contribution is 2.34. The Kier molecular flexibility index (Phi) is 7.91. The van der Waals surface area contributed by atoms with Crippen molar-refractivity contribution in [2.75, 3.05) is 26.5 Å². The summed E-state index contributed by atoms with van der Waals surface area (Å²) in [5, 5.41) is 0. The van der Waals surface area contributed by atoms with E-state index in [4.69, 9.17) is 9.47 Å². The Labute approximate surface area is 184 Å². The van der Waals surface area contributed by atoms with Crippen LogP contribution in [0.25, 0.3) is 0 Å². The number of aryl methyl sites for hydroxylation is 1. The first kappa shape index (κ1) is 23.5. The molecule has 1 aromatic heterocycles. The van der Waals surface area contributed by atoms with E-state index in [9.17, 15) is 13.2 Å². The van der Waals surface area contributed by atoms with E-state index in [0.29, 0.717) is 17.2 Å². The zero-order valence-corrected chi connectivity index (χ0v) is 19.2. The molecule has 0 aliphatic heterocycles. The second-order valence-corrected chi connectivity index (χ2v) is 10.1. The van der Waals surface area contributed by atoms with E-state index in [0.717, 1.165) is 31.9 Å². The van der Waals surface area contributed by atoms with Crippen LogP contribution in [0, 0.1) is 0 Å². The zero-order valence-electron chi connectivity index (χ0n) is 18.4. The highest BCUT2D eigenvalue weighted by atomic mass is 32.2. The molecule has 1 atom stereocenters. The lowest BCUT2D eigenvalue weighted by Gasteiger charge is -2.30. The molecule has 0 saturated heterocycles. The van der Waals surface area contributed by atoms with Crippen molar-refractivity contribution in [1.29, 1.82) is 0 Å². The third-order valence-electron chi connectivity index (χ3n) is 5.96. The van der Waals surface area contributed by atoms with Gasteiger partial charge in [0.25, 0.3) is 5.56 Å². The molecule has 0 amide bonds. The van der Waals surface area contributed by atoms with Crippen molar-refractivity contribution in [3.63, 3.8) is 0 Å². The van der Waals surface area contributed by atoms with E-state index in [-0.39, 0.29) is 24.8 Å². The Morgan fingerprint density at radius 3 is 2.42 bits per heavy atom. The summed E-state index contributed by atoms with van der Waals surface area (Å²) in [5.41, 5.74) is 1.59. The first-order chi connectivity index (χ1) is 14.8. The van der Waals surface area contributed by atoms with Crippen LogP contribution < -0.4 is 15.0 Å². The van der Waals surface area contributed by atoms with Crippen molar-refractivity contribution in [3.8, 4) is 5.75 Å². The minimum Gasteiger partial charge on any atom is -0.496 e. The SMILES string of the molecule is COc1ccn(C)c(=O)c1C(CNS(C)(=O)=O)CO[C@H]1CC[C@@H](c2ccccc2)CC1. The Bertz CT molecular complexity index is 1010. The van der Waals surface area contributed by atoms with Crippen molar-refractivity contribution in [2.45, 2.75) is 43.6 Å². The summed E-state index contributed by atoms with van der Waals surface area (Å²) in [4.78, 5) is 12.8. The van der Waals surface area contributed by atoms with Gasteiger partial charge in [0.2, 0.25) is 10.0 Å². The summed E-state index contributed by atoms with van der Waals surface area (Å²) >= 11 is 0. The second kappa shape index (κ2) is 10.4. The molecule has 1 aromatic carbocycles. The molecule has 2 aromatic rings. The van der Waals surface area contributed by atoms with E-state index < -0.39 is 15.9 Å². The maximum atomic E-state index is 12.8. The van der Waals surface area contributed by atoms with E-state index in [1.54, 1.807) is 19.3 Å². The van der Waals surface area contributed by atoms with E-state index >= 15 is 0 Å². The lowest BCUT2D eigenvalue weighted by atomic mass is 9.83. The number of hydrogen-bond donors (Lipinski definition) is 1. The molecular formula is C23H32N2O5S. The van der Waals surface area contributed by atoms with Gasteiger partial charge in [0.1, 0.15) is 5.75 Å². The van der Waals surface area contributed by atoms with E-state index in [2.05, 4.69) is 29.0 Å². The summed E-state index contributed by atoms with van der Waals surface area (Å²) < 4.78 is 39.0. The first-order valence-corrected chi connectivity index (χ1v) is 12.5. The van der Waals surface area contributed by atoms with Crippen molar-refractivity contribution in [3.05, 3.63) is 64.1 Å². The molecule has 0 radical (unpaired) electrons. The number of hydrogen-bond acceptors (Lipinski definition) is 5. The Morgan fingerprint density at radius 2 is 1.81 bits per heavy atom. The Balaban J connectivity index is 1.69. The van der Waals surface area contributed by atoms with Gasteiger partial charge in [-0.1, -0.05) is 30.3 Å². The fourth-order valence-electron chi connectivity index (χ4n) is 4.22. The smallest absolute Gasteiger partial charge is 0.257 e. The number of rotatable bonds is 9. The Hall–Kier alpha value is -2.16. The lowest BCUT2D eigenvalue weighted by molar-refractivity contribution is 0.0166. The van der Waals surface area contributed by atoms with Crippen LogP contribution in [0.2, 0.25) is 0 Å². The van der Waals surface area contributed by atoms with Crippen LogP contribution in [0.3, 0.4) is 0 Å². The van der Waals surface area contributed by atoms with Gasteiger partial charge in [-0.3, -0.25) is 4.79 Å². The Morgan fingerprint density at radius 1 is 1.13 bits per heavy atom. The second-order valence-electron chi connectivity index (χ2n) is 8.25. The van der Waals surface area contributed by atoms with Crippen LogP contribution in [0.1, 0.15) is 48.6 Å². The molecule has 1 saturated carbocycles. The molecule has 0 spiro atoms. The molecule has 1 aliphatic carbocycles. The highest BCUT2D eigenvalue weighted by molar-refractivity contribution is 7.88. The minimum absolute atomic E-state index is 0.0772. The number of aromatic nitrogens is 1. The molecule has 170 valence electrons. The molecule has 8 heteroatoms. The summed E-state index contributed by atoms with van der Waals surface area (Å²) in [6.45, 7) is 0.326. The van der Waals surface area contributed by atoms with Crippen LogP contribution in [-0.4, -0.2) is 45.6 Å². The van der Waals surface area contributed by atoms with Gasteiger partial charge in [-0.25, -0.2) is 13.1 Å². The first-order valence-electron chi connectivity index (χ1n) is 10.6. The molecular weight excluding hydrogens is 416 g/mol. The van der Waals surface area contributed by atoms with Crippen LogP contribution in [0.4, 0.5) is 0 Å². The van der Waals surface area contributed by atoms with Gasteiger partial charge in [0.05, 0.1) is 31.6 Å². The quantitative estimate of drug-likeness (QED) is 0.637. The van der Waals surface area contributed by atoms with Crippen LogP contribution in [-0.2, 0) is 21.8 Å². The minimum atomic E-state index is -3.41. The third-order valence-corrected chi connectivity index (χ3v) is 6.66. The maximum Gasteiger partial charge on any atom is 0.257 e. The highest BCUT2D eigenvalue weighted by Gasteiger charge is 2.27. The molecule has 1 N–H and O–H groups in total. The summed E-state index contributed by atoms with van der Waals surface area (Å²) in [6, 6.07) is 12.3. The third kappa shape index (κ3) is 6.41. The lowest BCUT2D eigenvalue weighted by Crippen LogP contribution is -2.35. The van der Waals surface area contributed by atoms with Crippen molar-refractivity contribution in [1.82, 2.24) is 9.29 Å². The van der Waals surface area contributed by atoms with Gasteiger partial charge in [-0.2, -0.15) is 0 Å². The number of nitrogens with one attached hydrogen (secondary N) is 1. The van der Waals surface area contributed by atoms with Crippen molar-refractivity contribution < 1.29 is 17.9 Å². The monoisotopic (exact) mass is 448 g/mol. The average molecular weight is 449 g/mol. The summed E-state index contributed by atoms with van der Waals surface area (Å²) in [7, 11) is -0.236. The molecule has 1 aliphatic rings. The fraction of sp³-hybridized carbons (Fsp3) is 0.522. The van der Waals surface area contributed by atoms with Gasteiger partial charge in [0.15, 0.2) is 0 Å². The number of sulfonamides is 1. The van der Waals surface area contributed by atoms with Gasteiger partial charge in [-0.15, -0.1) is 0 Å². The topological polar surface area (TPSA) is 86.6 Å². The van der Waals surface area contributed by atoms with Gasteiger partial charge >= 0.3 is 0 Å². The van der Waals surface area contributed by atoms with Gasteiger partial charge < -0.3 is 14.0 Å². The fourth-order valence-corrected chi connectivity index (χ4v) is 4.73. The number of nitrogens with zero attached hydrogens (tertiary/aromatic N) is 1. The predicted octanol–water partition coefficient (Wildman–Crippen LogP) is 2.77. The maximum absolute atomic E-state index is 12.8. The number of ether oxygens (including phenoxy) is 2. The van der Waals surface area contributed by atoms with Crippen LogP contribution >= 0.6 is 0 Å². The van der Waals surface area contributed by atoms with Gasteiger partial charge in [0, 0.05) is 25.7 Å². The van der Waals surface area contributed by atoms with Crippen LogP contribution in [0.5, 0.6) is 5.75 Å². The normalized spacial score (nSPS) is 20.4. The number of pyridine rings is 1. The molecule has 1 heterocycles. The van der Waals surface area contributed by atoms with Crippen molar-refractivity contribution in [2.24, 2.45) is 7.05 Å². The predicted molar refractivity (Wildman–Crippen MR) is 121 cm³/mol. The summed E-state index contributed by atoms with van der Waals surface area (Å²) in [5.74, 6) is 0.543. The largest absolute Gasteiger partial charge is 0.496 e. The molecule has 31 heavy (non-hydrogen) atoms. The molecule has 0 bridgehead atoms. The number of methoxy groups -OCH3 is 1. The van der Waals surface area contributed by atoms with E-state index in [1.165, 1.54) is 17.2 Å². The molecule has 1 fully saturated rings. The van der Waals surface area contributed by atoms with Gasteiger partial charge in [-0.05, 0) is 43.2 Å². The summed E-state index contributed by atoms with van der Waals surface area (Å²) in [6.07, 6.45) is 6.83. The number of benzene rings is 1. The van der Waals surface area contributed by atoms with Crippen molar-refractivity contribution >= 4 is 10.0 Å². The van der Waals surface area contributed by atoms with Crippen LogP contribution in [0.15, 0.2) is 47.4 Å².